The summed E-state index contributed by atoms with van der Waals surface area (Å²) in [5.74, 6) is -1.05. The molecule has 0 fully saturated rings. The van der Waals surface area contributed by atoms with E-state index in [-0.39, 0.29) is 18.4 Å². The minimum atomic E-state index is -0.534. The summed E-state index contributed by atoms with van der Waals surface area (Å²) in [6.07, 6.45) is 0.564. The highest BCUT2D eigenvalue weighted by molar-refractivity contribution is 9.10. The van der Waals surface area contributed by atoms with Crippen LogP contribution in [0.5, 0.6) is 5.75 Å². The van der Waals surface area contributed by atoms with Crippen molar-refractivity contribution < 1.29 is 19.1 Å². The van der Waals surface area contributed by atoms with Crippen LogP contribution in [-0.2, 0) is 9.59 Å². The molecule has 10 heteroatoms. The molecule has 160 valence electrons. The van der Waals surface area contributed by atoms with Gasteiger partial charge in [-0.1, -0.05) is 46.1 Å². The molecule has 0 atom stereocenters. The number of carbonyl (C=O) groups is 3. The van der Waals surface area contributed by atoms with E-state index in [4.69, 9.17) is 27.9 Å². The lowest BCUT2D eigenvalue weighted by Gasteiger charge is -2.12. The highest BCUT2D eigenvalue weighted by Crippen LogP contribution is 2.25. The van der Waals surface area contributed by atoms with Crippen molar-refractivity contribution in [1.82, 2.24) is 10.9 Å². The van der Waals surface area contributed by atoms with Crippen molar-refractivity contribution in [2.45, 2.75) is 26.2 Å². The standard InChI is InChI=1S/C20H20BrCl2N3O4/c1-2-9-30-17-6-3-12(21)10-14(17)20(29)26-25-19(28)8-7-18(27)24-16-5-4-13(22)11-15(16)23/h3-6,10-11H,2,7-9H2,1H3,(H,24,27)(H,25,28)(H,26,29). The fraction of sp³-hybridized carbons (Fsp3) is 0.250. The van der Waals surface area contributed by atoms with E-state index in [2.05, 4.69) is 32.1 Å². The predicted molar refractivity (Wildman–Crippen MR) is 120 cm³/mol. The molecule has 3 amide bonds. The van der Waals surface area contributed by atoms with Gasteiger partial charge in [0.05, 0.1) is 22.9 Å². The molecule has 0 radical (unpaired) electrons. The minimum Gasteiger partial charge on any atom is -0.493 e. The van der Waals surface area contributed by atoms with E-state index in [1.54, 1.807) is 30.3 Å². The van der Waals surface area contributed by atoms with Crippen LogP contribution >= 0.6 is 39.1 Å². The third kappa shape index (κ3) is 7.51. The van der Waals surface area contributed by atoms with Crippen LogP contribution in [0, 0.1) is 0 Å². The fourth-order valence-electron chi connectivity index (χ4n) is 2.30. The number of anilines is 1. The van der Waals surface area contributed by atoms with Gasteiger partial charge in [0.2, 0.25) is 11.8 Å². The molecule has 0 aliphatic carbocycles. The van der Waals surface area contributed by atoms with E-state index in [9.17, 15) is 14.4 Å². The number of hydrogen-bond acceptors (Lipinski definition) is 4. The molecule has 0 aliphatic heterocycles. The molecule has 0 bridgehead atoms. The van der Waals surface area contributed by atoms with E-state index in [0.717, 1.165) is 6.42 Å². The number of halogens is 3. The van der Waals surface area contributed by atoms with Crippen molar-refractivity contribution in [3.8, 4) is 5.75 Å². The van der Waals surface area contributed by atoms with Crippen LogP contribution in [0.2, 0.25) is 10.0 Å². The number of rotatable bonds is 8. The van der Waals surface area contributed by atoms with Crippen LogP contribution in [0.25, 0.3) is 0 Å². The third-order valence-electron chi connectivity index (χ3n) is 3.75. The monoisotopic (exact) mass is 515 g/mol. The van der Waals surface area contributed by atoms with E-state index in [1.807, 2.05) is 6.92 Å². The Labute approximate surface area is 192 Å². The average Bonchev–Trinajstić information content (AvgIpc) is 2.71. The summed E-state index contributed by atoms with van der Waals surface area (Å²) in [5, 5.41) is 3.34. The molecule has 7 nitrogen and oxygen atoms in total. The largest absolute Gasteiger partial charge is 0.493 e. The van der Waals surface area contributed by atoms with Crippen molar-refractivity contribution >= 4 is 62.5 Å². The molecule has 0 spiro atoms. The van der Waals surface area contributed by atoms with Gasteiger partial charge in [0, 0.05) is 22.3 Å². The average molecular weight is 517 g/mol. The molecule has 0 saturated heterocycles. The second-order valence-electron chi connectivity index (χ2n) is 6.16. The molecule has 3 N–H and O–H groups in total. The minimum absolute atomic E-state index is 0.0948. The number of carbonyl (C=O) groups excluding carboxylic acids is 3. The van der Waals surface area contributed by atoms with Gasteiger partial charge >= 0.3 is 0 Å². The Kier molecular flexibility index (Phi) is 9.42. The fourth-order valence-corrected chi connectivity index (χ4v) is 3.12. The first-order chi connectivity index (χ1) is 14.3. The molecule has 30 heavy (non-hydrogen) atoms. The maximum atomic E-state index is 12.4. The predicted octanol–water partition coefficient (Wildman–Crippen LogP) is 4.72. The summed E-state index contributed by atoms with van der Waals surface area (Å²) in [6, 6.07) is 9.68. The Morgan fingerprint density at radius 3 is 2.43 bits per heavy atom. The van der Waals surface area contributed by atoms with Crippen molar-refractivity contribution in [3.05, 3.63) is 56.5 Å². The van der Waals surface area contributed by atoms with Gasteiger partial charge in [0.25, 0.3) is 5.91 Å². The van der Waals surface area contributed by atoms with Gasteiger partial charge in [0.1, 0.15) is 5.75 Å². The number of hydrazine groups is 1. The van der Waals surface area contributed by atoms with Crippen LogP contribution in [0.1, 0.15) is 36.5 Å². The Bertz CT molecular complexity index is 940. The van der Waals surface area contributed by atoms with Gasteiger partial charge in [-0.2, -0.15) is 0 Å². The molecule has 0 aromatic heterocycles. The third-order valence-corrected chi connectivity index (χ3v) is 4.79. The number of nitrogens with one attached hydrogen (secondary N) is 3. The Morgan fingerprint density at radius 2 is 1.73 bits per heavy atom. The van der Waals surface area contributed by atoms with Crippen LogP contribution in [0.4, 0.5) is 5.69 Å². The first-order valence-electron chi connectivity index (χ1n) is 9.06. The first kappa shape index (κ1) is 24.0. The van der Waals surface area contributed by atoms with E-state index < -0.39 is 17.7 Å². The normalized spacial score (nSPS) is 10.3. The highest BCUT2D eigenvalue weighted by Gasteiger charge is 2.15. The SMILES string of the molecule is CCCOc1ccc(Br)cc1C(=O)NNC(=O)CCC(=O)Nc1ccc(Cl)cc1Cl. The Hall–Kier alpha value is -2.29. The van der Waals surface area contributed by atoms with Crippen LogP contribution < -0.4 is 20.9 Å². The van der Waals surface area contributed by atoms with E-state index >= 15 is 0 Å². The molecule has 2 aromatic rings. The van der Waals surface area contributed by atoms with Crippen molar-refractivity contribution in [2.24, 2.45) is 0 Å². The molecular weight excluding hydrogens is 497 g/mol. The molecule has 2 rings (SSSR count). The maximum Gasteiger partial charge on any atom is 0.273 e. The Morgan fingerprint density at radius 1 is 1.00 bits per heavy atom. The number of amides is 3. The van der Waals surface area contributed by atoms with Crippen molar-refractivity contribution in [2.75, 3.05) is 11.9 Å². The zero-order valence-corrected chi connectivity index (χ0v) is 19.2. The Balaban J connectivity index is 1.83. The molecule has 2 aromatic carbocycles. The van der Waals surface area contributed by atoms with Gasteiger partial charge in [-0.25, -0.2) is 0 Å². The summed E-state index contributed by atoms with van der Waals surface area (Å²) in [6.45, 7) is 2.41. The number of hydrogen-bond donors (Lipinski definition) is 3. The summed E-state index contributed by atoms with van der Waals surface area (Å²) in [4.78, 5) is 36.4. The zero-order valence-electron chi connectivity index (χ0n) is 16.1. The van der Waals surface area contributed by atoms with Crippen LogP contribution in [0.15, 0.2) is 40.9 Å². The molecular formula is C20H20BrCl2N3O4. The van der Waals surface area contributed by atoms with Gasteiger partial charge in [-0.05, 0) is 42.8 Å². The second kappa shape index (κ2) is 11.8. The molecule has 0 unspecified atom stereocenters. The van der Waals surface area contributed by atoms with Crippen molar-refractivity contribution in [1.29, 1.82) is 0 Å². The summed E-state index contributed by atoms with van der Waals surface area (Å²) < 4.78 is 6.25. The summed E-state index contributed by atoms with van der Waals surface area (Å²) in [7, 11) is 0. The lowest BCUT2D eigenvalue weighted by atomic mass is 10.2. The lowest BCUT2D eigenvalue weighted by molar-refractivity contribution is -0.124. The summed E-state index contributed by atoms with van der Waals surface area (Å²) in [5.41, 5.74) is 5.28. The number of benzene rings is 2. The van der Waals surface area contributed by atoms with Crippen molar-refractivity contribution in [3.63, 3.8) is 0 Å². The van der Waals surface area contributed by atoms with Gasteiger partial charge in [-0.15, -0.1) is 0 Å². The van der Waals surface area contributed by atoms with Gasteiger partial charge < -0.3 is 10.1 Å². The van der Waals surface area contributed by atoms with Gasteiger partial charge in [0.15, 0.2) is 0 Å². The lowest BCUT2D eigenvalue weighted by Crippen LogP contribution is -2.42. The van der Waals surface area contributed by atoms with E-state index in [1.165, 1.54) is 6.07 Å². The molecule has 0 aliphatic rings. The zero-order chi connectivity index (χ0) is 22.1. The number of ether oxygens (including phenoxy) is 1. The summed E-state index contributed by atoms with van der Waals surface area (Å²) >= 11 is 15.1. The van der Waals surface area contributed by atoms with E-state index in [0.29, 0.717) is 32.6 Å². The second-order valence-corrected chi connectivity index (χ2v) is 7.92. The quantitative estimate of drug-likeness (QED) is 0.442. The maximum absolute atomic E-state index is 12.4. The highest BCUT2D eigenvalue weighted by atomic mass is 79.9. The van der Waals surface area contributed by atoms with Gasteiger partial charge in [-0.3, -0.25) is 25.2 Å². The first-order valence-corrected chi connectivity index (χ1v) is 10.6. The van der Waals surface area contributed by atoms with Crippen LogP contribution in [-0.4, -0.2) is 24.3 Å². The molecule has 0 saturated carbocycles. The molecule has 0 heterocycles. The smallest absolute Gasteiger partial charge is 0.273 e. The topological polar surface area (TPSA) is 96.5 Å². The van der Waals surface area contributed by atoms with Crippen LogP contribution in [0.3, 0.4) is 0 Å².